The van der Waals surface area contributed by atoms with Crippen LogP contribution in [-0.4, -0.2) is 27.9 Å². The second-order valence-corrected chi connectivity index (χ2v) is 4.90. The highest BCUT2D eigenvalue weighted by molar-refractivity contribution is 7.74. The summed E-state index contributed by atoms with van der Waals surface area (Å²) in [5, 5.41) is 9.27. The van der Waals surface area contributed by atoms with Gasteiger partial charge in [-0.25, -0.2) is 4.98 Å². The second-order valence-electron chi connectivity index (χ2n) is 3.15. The Bertz CT molecular complexity index is 549. The van der Waals surface area contributed by atoms with Crippen LogP contribution in [0.4, 0.5) is 5.00 Å². The third-order valence-electron chi connectivity index (χ3n) is 2.03. The fraction of sp³-hybridized carbons (Fsp3) is 0.333. The molecule has 0 aliphatic carbocycles. The van der Waals surface area contributed by atoms with Gasteiger partial charge in [-0.2, -0.15) is 0 Å². The number of nitrogens with zero attached hydrogens (tertiary/aromatic N) is 2. The lowest BCUT2D eigenvalue weighted by molar-refractivity contribution is 0.0501. The average Bonchev–Trinajstić information content (AvgIpc) is 2.62. The first-order valence-electron chi connectivity index (χ1n) is 4.65. The van der Waals surface area contributed by atoms with Crippen LogP contribution in [0.1, 0.15) is 0 Å². The highest BCUT2D eigenvalue weighted by atomic mass is 32.1. The smallest absolute Gasteiger partial charge is 0.124 e. The molecule has 2 aromatic rings. The van der Waals surface area contributed by atoms with Crippen molar-refractivity contribution in [3.05, 3.63) is 16.2 Å². The molecule has 0 aromatic carbocycles. The number of hydrogen-bond acceptors (Lipinski definition) is 6. The van der Waals surface area contributed by atoms with Crippen molar-refractivity contribution < 1.29 is 9.84 Å². The van der Waals surface area contributed by atoms with Gasteiger partial charge < -0.3 is 20.1 Å². The van der Waals surface area contributed by atoms with Gasteiger partial charge in [0.15, 0.2) is 0 Å². The number of aliphatic hydroxyl groups is 1. The number of aliphatic hydroxyl groups excluding tert-OH is 1. The van der Waals surface area contributed by atoms with E-state index in [1.54, 1.807) is 6.33 Å². The van der Waals surface area contributed by atoms with Gasteiger partial charge in [0, 0.05) is 0 Å². The molecule has 0 unspecified atom stereocenters. The van der Waals surface area contributed by atoms with Crippen molar-refractivity contribution in [1.29, 1.82) is 0 Å². The molecule has 0 saturated carbocycles. The fourth-order valence-electron chi connectivity index (χ4n) is 1.35. The number of hydrogen-bond donors (Lipinski definition) is 2. The van der Waals surface area contributed by atoms with Crippen molar-refractivity contribution in [2.24, 2.45) is 0 Å². The summed E-state index contributed by atoms with van der Waals surface area (Å²) in [7, 11) is 0. The van der Waals surface area contributed by atoms with E-state index in [1.807, 2.05) is 10.6 Å². The summed E-state index contributed by atoms with van der Waals surface area (Å²) in [6, 6.07) is 1.82. The van der Waals surface area contributed by atoms with Crippen LogP contribution in [0, 0.1) is 3.82 Å². The first-order valence-corrected chi connectivity index (χ1v) is 5.88. The summed E-state index contributed by atoms with van der Waals surface area (Å²) in [6.07, 6.45) is 1.66. The summed E-state index contributed by atoms with van der Waals surface area (Å²) in [4.78, 5) is 4.21. The van der Waals surface area contributed by atoms with Crippen LogP contribution in [0.3, 0.4) is 0 Å². The van der Waals surface area contributed by atoms with Gasteiger partial charge in [0.05, 0.1) is 30.1 Å². The monoisotopic (exact) mass is 257 g/mol. The first-order chi connectivity index (χ1) is 7.72. The van der Waals surface area contributed by atoms with Gasteiger partial charge in [-0.3, -0.25) is 0 Å². The van der Waals surface area contributed by atoms with Crippen LogP contribution in [0.5, 0.6) is 0 Å². The van der Waals surface area contributed by atoms with Gasteiger partial charge in [-0.05, 0) is 6.07 Å². The van der Waals surface area contributed by atoms with E-state index in [4.69, 9.17) is 27.8 Å². The lowest BCUT2D eigenvalue weighted by Gasteiger charge is -2.04. The Morgan fingerprint density at radius 3 is 3.19 bits per heavy atom. The SMILES string of the molecule is Nc1cc2c(ncn2COCCO)c(=S)s1. The maximum Gasteiger partial charge on any atom is 0.124 e. The Hall–Kier alpha value is -1.02. The van der Waals surface area contributed by atoms with E-state index in [-0.39, 0.29) is 6.61 Å². The number of ether oxygens (including phenoxy) is 1. The maximum absolute atomic E-state index is 8.61. The van der Waals surface area contributed by atoms with Gasteiger partial charge in [0.1, 0.15) is 16.1 Å². The van der Waals surface area contributed by atoms with E-state index in [9.17, 15) is 0 Å². The molecular weight excluding hydrogens is 246 g/mol. The highest BCUT2D eigenvalue weighted by Crippen LogP contribution is 2.23. The van der Waals surface area contributed by atoms with Crippen molar-refractivity contribution >= 4 is 39.6 Å². The summed E-state index contributed by atoms with van der Waals surface area (Å²) >= 11 is 6.51. The molecule has 7 heteroatoms. The number of rotatable bonds is 4. The Morgan fingerprint density at radius 1 is 1.62 bits per heavy atom. The quantitative estimate of drug-likeness (QED) is 0.639. The van der Waals surface area contributed by atoms with Gasteiger partial charge in [0.25, 0.3) is 0 Å². The van der Waals surface area contributed by atoms with E-state index in [2.05, 4.69) is 4.98 Å². The zero-order valence-electron chi connectivity index (χ0n) is 8.42. The molecule has 0 amide bonds. The third kappa shape index (κ3) is 2.22. The summed E-state index contributed by atoms with van der Waals surface area (Å²) in [5.74, 6) is 0. The predicted molar refractivity (Wildman–Crippen MR) is 65.9 cm³/mol. The largest absolute Gasteiger partial charge is 0.394 e. The van der Waals surface area contributed by atoms with Gasteiger partial charge in [-0.1, -0.05) is 12.2 Å². The van der Waals surface area contributed by atoms with Crippen LogP contribution in [0.2, 0.25) is 0 Å². The lowest BCUT2D eigenvalue weighted by Crippen LogP contribution is -2.04. The van der Waals surface area contributed by atoms with E-state index in [1.165, 1.54) is 11.3 Å². The Balaban J connectivity index is 2.36. The Morgan fingerprint density at radius 2 is 2.44 bits per heavy atom. The van der Waals surface area contributed by atoms with Gasteiger partial charge in [0.2, 0.25) is 0 Å². The molecule has 0 atom stereocenters. The second kappa shape index (κ2) is 4.88. The molecule has 5 nitrogen and oxygen atoms in total. The van der Waals surface area contributed by atoms with Crippen molar-refractivity contribution in [3.63, 3.8) is 0 Å². The number of fused-ring (bicyclic) bond motifs is 1. The molecule has 0 spiro atoms. The number of imidazole rings is 1. The molecule has 2 rings (SSSR count). The summed E-state index contributed by atoms with van der Waals surface area (Å²) in [5.41, 5.74) is 7.36. The molecule has 16 heavy (non-hydrogen) atoms. The van der Waals surface area contributed by atoms with Crippen molar-refractivity contribution in [2.45, 2.75) is 6.73 Å². The number of nitrogens with two attached hydrogens (primary N) is 1. The molecular formula is C9H11N3O2S2. The minimum absolute atomic E-state index is 0.00310. The van der Waals surface area contributed by atoms with Crippen LogP contribution in [0.25, 0.3) is 11.0 Å². The normalized spacial score (nSPS) is 11.1. The maximum atomic E-state index is 8.61. The summed E-state index contributed by atoms with van der Waals surface area (Å²) in [6.45, 7) is 0.633. The molecule has 0 aliphatic heterocycles. The zero-order valence-corrected chi connectivity index (χ0v) is 10.1. The molecule has 0 radical (unpaired) electrons. The fourth-order valence-corrected chi connectivity index (χ4v) is 2.43. The number of anilines is 1. The van der Waals surface area contributed by atoms with Crippen molar-refractivity contribution in [1.82, 2.24) is 9.55 Å². The minimum Gasteiger partial charge on any atom is -0.394 e. The third-order valence-corrected chi connectivity index (χ3v) is 3.20. The predicted octanol–water partition coefficient (Wildman–Crippen LogP) is 1.38. The Kier molecular flexibility index (Phi) is 3.49. The molecule has 0 aliphatic rings. The van der Waals surface area contributed by atoms with E-state index in [0.717, 1.165) is 11.0 Å². The molecule has 0 saturated heterocycles. The number of aromatic nitrogens is 2. The molecule has 2 heterocycles. The first kappa shape index (κ1) is 11.5. The van der Waals surface area contributed by atoms with Crippen LogP contribution >= 0.6 is 23.6 Å². The van der Waals surface area contributed by atoms with Crippen LogP contribution in [-0.2, 0) is 11.5 Å². The van der Waals surface area contributed by atoms with Crippen LogP contribution in [0.15, 0.2) is 12.4 Å². The highest BCUT2D eigenvalue weighted by Gasteiger charge is 2.05. The lowest BCUT2D eigenvalue weighted by atomic mass is 10.4. The van der Waals surface area contributed by atoms with E-state index >= 15 is 0 Å². The molecule has 2 aromatic heterocycles. The van der Waals surface area contributed by atoms with Crippen molar-refractivity contribution in [2.75, 3.05) is 18.9 Å². The Labute approximate surface area is 101 Å². The van der Waals surface area contributed by atoms with Crippen molar-refractivity contribution in [3.8, 4) is 0 Å². The molecule has 0 bridgehead atoms. The number of nitrogen functional groups attached to an aromatic ring is 1. The minimum atomic E-state index is 0.00310. The van der Waals surface area contributed by atoms with Gasteiger partial charge >= 0.3 is 0 Å². The van der Waals surface area contributed by atoms with E-state index in [0.29, 0.717) is 22.2 Å². The van der Waals surface area contributed by atoms with Crippen LogP contribution < -0.4 is 5.73 Å². The molecule has 0 fully saturated rings. The zero-order chi connectivity index (χ0) is 11.5. The topological polar surface area (TPSA) is 73.3 Å². The molecule has 3 N–H and O–H groups in total. The molecule has 86 valence electrons. The standard InChI is InChI=1S/C9H11N3O2S2/c10-7-3-6-8(9(15)16-7)11-4-12(6)5-14-2-1-13/h3-4,13H,1-2,5,10H2. The summed E-state index contributed by atoms with van der Waals surface area (Å²) < 4.78 is 7.70. The average molecular weight is 257 g/mol. The van der Waals surface area contributed by atoms with Gasteiger partial charge in [-0.15, -0.1) is 11.3 Å². The van der Waals surface area contributed by atoms with E-state index < -0.39 is 0 Å².